The second-order valence-corrected chi connectivity index (χ2v) is 5.94. The number of hydrogen-bond acceptors (Lipinski definition) is 3. The lowest BCUT2D eigenvalue weighted by molar-refractivity contribution is 0.237. The van der Waals surface area contributed by atoms with Crippen molar-refractivity contribution in [3.63, 3.8) is 0 Å². The number of pyridine rings is 1. The van der Waals surface area contributed by atoms with Crippen molar-refractivity contribution >= 4 is 10.9 Å². The Morgan fingerprint density at radius 1 is 1.35 bits per heavy atom. The Kier molecular flexibility index (Phi) is 4.28. The SMILES string of the molecule is CN(Cc1ccc2ncccc2c1)CC1CCCNC1. The van der Waals surface area contributed by atoms with Gasteiger partial charge in [0.2, 0.25) is 0 Å². The van der Waals surface area contributed by atoms with Crippen molar-refractivity contribution in [2.75, 3.05) is 26.7 Å². The van der Waals surface area contributed by atoms with Gasteiger partial charge in [0.05, 0.1) is 5.52 Å². The number of aromatic nitrogens is 1. The molecular weight excluding hydrogens is 246 g/mol. The highest BCUT2D eigenvalue weighted by Crippen LogP contribution is 2.16. The van der Waals surface area contributed by atoms with E-state index in [0.717, 1.165) is 18.0 Å². The Morgan fingerprint density at radius 3 is 3.15 bits per heavy atom. The van der Waals surface area contributed by atoms with Gasteiger partial charge in [-0.3, -0.25) is 4.98 Å². The van der Waals surface area contributed by atoms with Gasteiger partial charge in [-0.25, -0.2) is 0 Å². The first-order valence-corrected chi connectivity index (χ1v) is 7.54. The quantitative estimate of drug-likeness (QED) is 0.925. The van der Waals surface area contributed by atoms with Crippen LogP contribution in [0.3, 0.4) is 0 Å². The molecule has 0 bridgehead atoms. The molecule has 1 atom stereocenters. The highest BCUT2D eigenvalue weighted by molar-refractivity contribution is 5.78. The van der Waals surface area contributed by atoms with Gasteiger partial charge in [0.15, 0.2) is 0 Å². The van der Waals surface area contributed by atoms with Crippen LogP contribution in [0.5, 0.6) is 0 Å². The second-order valence-electron chi connectivity index (χ2n) is 5.94. The van der Waals surface area contributed by atoms with E-state index in [0.29, 0.717) is 0 Å². The predicted octanol–water partition coefficient (Wildman–Crippen LogP) is 2.67. The van der Waals surface area contributed by atoms with Gasteiger partial charge in [-0.15, -0.1) is 0 Å². The van der Waals surface area contributed by atoms with Crippen LogP contribution in [0.4, 0.5) is 0 Å². The second kappa shape index (κ2) is 6.33. The van der Waals surface area contributed by atoms with Gasteiger partial charge in [0.25, 0.3) is 0 Å². The average Bonchev–Trinajstić information content (AvgIpc) is 2.48. The van der Waals surface area contributed by atoms with E-state index in [4.69, 9.17) is 0 Å². The maximum atomic E-state index is 4.37. The number of benzene rings is 1. The van der Waals surface area contributed by atoms with Crippen LogP contribution in [0, 0.1) is 5.92 Å². The molecule has 1 saturated heterocycles. The molecule has 0 radical (unpaired) electrons. The van der Waals surface area contributed by atoms with Crippen molar-refractivity contribution in [2.24, 2.45) is 5.92 Å². The van der Waals surface area contributed by atoms with Crippen molar-refractivity contribution in [3.05, 3.63) is 42.1 Å². The predicted molar refractivity (Wildman–Crippen MR) is 83.7 cm³/mol. The summed E-state index contributed by atoms with van der Waals surface area (Å²) < 4.78 is 0. The number of piperidine rings is 1. The van der Waals surface area contributed by atoms with E-state index in [9.17, 15) is 0 Å². The summed E-state index contributed by atoms with van der Waals surface area (Å²) in [5.74, 6) is 0.802. The first kappa shape index (κ1) is 13.5. The summed E-state index contributed by atoms with van der Waals surface area (Å²) in [6, 6.07) is 10.7. The molecule has 20 heavy (non-hydrogen) atoms. The zero-order chi connectivity index (χ0) is 13.8. The number of nitrogens with zero attached hydrogens (tertiary/aromatic N) is 2. The summed E-state index contributed by atoms with van der Waals surface area (Å²) in [5.41, 5.74) is 2.45. The van der Waals surface area contributed by atoms with Gasteiger partial charge in [0.1, 0.15) is 0 Å². The summed E-state index contributed by atoms with van der Waals surface area (Å²) >= 11 is 0. The van der Waals surface area contributed by atoms with Crippen LogP contribution in [0.25, 0.3) is 10.9 Å². The number of fused-ring (bicyclic) bond motifs is 1. The molecule has 2 aromatic rings. The summed E-state index contributed by atoms with van der Waals surface area (Å²) in [5, 5.41) is 4.73. The molecule has 3 rings (SSSR count). The topological polar surface area (TPSA) is 28.2 Å². The normalized spacial score (nSPS) is 19.6. The lowest BCUT2D eigenvalue weighted by atomic mass is 9.99. The Balaban J connectivity index is 1.62. The van der Waals surface area contributed by atoms with Crippen molar-refractivity contribution in [2.45, 2.75) is 19.4 Å². The van der Waals surface area contributed by atoms with Crippen LogP contribution < -0.4 is 5.32 Å². The van der Waals surface area contributed by atoms with E-state index in [2.05, 4.69) is 46.5 Å². The molecule has 106 valence electrons. The van der Waals surface area contributed by atoms with Crippen molar-refractivity contribution in [1.82, 2.24) is 15.2 Å². The molecule has 1 aromatic heterocycles. The first-order chi connectivity index (χ1) is 9.81. The molecule has 0 saturated carbocycles. The standard InChI is InChI=1S/C17H23N3/c1-20(13-15-4-2-8-18-11-15)12-14-6-7-17-16(10-14)5-3-9-19-17/h3,5-7,9-10,15,18H,2,4,8,11-13H2,1H3. The lowest BCUT2D eigenvalue weighted by Crippen LogP contribution is -2.36. The van der Waals surface area contributed by atoms with Gasteiger partial charge in [-0.05, 0) is 62.7 Å². The molecule has 0 amide bonds. The summed E-state index contributed by atoms with van der Waals surface area (Å²) in [6.45, 7) is 4.56. The zero-order valence-corrected chi connectivity index (χ0v) is 12.2. The summed E-state index contributed by atoms with van der Waals surface area (Å²) in [6.07, 6.45) is 4.53. The minimum atomic E-state index is 0.802. The fourth-order valence-electron chi connectivity index (χ4n) is 3.12. The number of rotatable bonds is 4. The maximum absolute atomic E-state index is 4.37. The zero-order valence-electron chi connectivity index (χ0n) is 12.2. The highest BCUT2D eigenvalue weighted by atomic mass is 15.1. The molecular formula is C17H23N3. The third-order valence-electron chi connectivity index (χ3n) is 4.09. The molecule has 1 aromatic carbocycles. The minimum absolute atomic E-state index is 0.802. The molecule has 1 aliphatic heterocycles. The molecule has 1 N–H and O–H groups in total. The minimum Gasteiger partial charge on any atom is -0.316 e. The van der Waals surface area contributed by atoms with Crippen LogP contribution in [0.15, 0.2) is 36.5 Å². The Labute approximate surface area is 121 Å². The number of nitrogens with one attached hydrogen (secondary N) is 1. The van der Waals surface area contributed by atoms with E-state index in [1.54, 1.807) is 0 Å². The highest BCUT2D eigenvalue weighted by Gasteiger charge is 2.15. The maximum Gasteiger partial charge on any atom is 0.0702 e. The summed E-state index contributed by atoms with van der Waals surface area (Å²) in [4.78, 5) is 6.81. The van der Waals surface area contributed by atoms with Gasteiger partial charge < -0.3 is 10.2 Å². The fourth-order valence-corrected chi connectivity index (χ4v) is 3.12. The first-order valence-electron chi connectivity index (χ1n) is 7.54. The van der Waals surface area contributed by atoms with Crippen LogP contribution in [-0.2, 0) is 6.54 Å². The monoisotopic (exact) mass is 269 g/mol. The van der Waals surface area contributed by atoms with E-state index < -0.39 is 0 Å². The largest absolute Gasteiger partial charge is 0.316 e. The van der Waals surface area contributed by atoms with E-state index in [1.165, 1.54) is 43.4 Å². The lowest BCUT2D eigenvalue weighted by Gasteiger charge is -2.27. The molecule has 1 aliphatic rings. The Bertz CT molecular complexity index is 561. The Morgan fingerprint density at radius 2 is 2.30 bits per heavy atom. The van der Waals surface area contributed by atoms with Crippen molar-refractivity contribution in [3.8, 4) is 0 Å². The van der Waals surface area contributed by atoms with Gasteiger partial charge in [0, 0.05) is 24.7 Å². The van der Waals surface area contributed by atoms with Gasteiger partial charge in [-0.2, -0.15) is 0 Å². The van der Waals surface area contributed by atoms with Crippen molar-refractivity contribution < 1.29 is 0 Å². The van der Waals surface area contributed by atoms with E-state index in [-0.39, 0.29) is 0 Å². The number of hydrogen-bond donors (Lipinski definition) is 1. The van der Waals surface area contributed by atoms with Gasteiger partial charge >= 0.3 is 0 Å². The van der Waals surface area contributed by atoms with Crippen LogP contribution in [0.1, 0.15) is 18.4 Å². The third-order valence-corrected chi connectivity index (χ3v) is 4.09. The van der Waals surface area contributed by atoms with Crippen LogP contribution in [0.2, 0.25) is 0 Å². The van der Waals surface area contributed by atoms with Crippen molar-refractivity contribution in [1.29, 1.82) is 0 Å². The molecule has 0 spiro atoms. The van der Waals surface area contributed by atoms with Crippen LogP contribution >= 0.6 is 0 Å². The smallest absolute Gasteiger partial charge is 0.0702 e. The van der Waals surface area contributed by atoms with Crippen LogP contribution in [-0.4, -0.2) is 36.6 Å². The van der Waals surface area contributed by atoms with E-state index >= 15 is 0 Å². The Hall–Kier alpha value is -1.45. The average molecular weight is 269 g/mol. The van der Waals surface area contributed by atoms with Gasteiger partial charge in [-0.1, -0.05) is 12.1 Å². The molecule has 2 heterocycles. The molecule has 1 unspecified atom stereocenters. The van der Waals surface area contributed by atoms with E-state index in [1.807, 2.05) is 12.3 Å². The third kappa shape index (κ3) is 3.35. The summed E-state index contributed by atoms with van der Waals surface area (Å²) in [7, 11) is 2.22. The molecule has 3 heteroatoms. The molecule has 0 aliphatic carbocycles. The fraction of sp³-hybridized carbons (Fsp3) is 0.471. The molecule has 3 nitrogen and oxygen atoms in total. The molecule has 1 fully saturated rings.